The van der Waals surface area contributed by atoms with Crippen LogP contribution in [0.15, 0.2) is 0 Å². The summed E-state index contributed by atoms with van der Waals surface area (Å²) in [7, 11) is 0. The molecule has 5 nitrogen and oxygen atoms in total. The quantitative estimate of drug-likeness (QED) is 0.770. The van der Waals surface area contributed by atoms with Crippen LogP contribution in [0.5, 0.6) is 0 Å². The molecule has 1 amide bonds. The molecule has 3 N–H and O–H groups in total. The Bertz CT molecular complexity index is 301. The van der Waals surface area contributed by atoms with Crippen molar-refractivity contribution in [3.63, 3.8) is 0 Å². The Morgan fingerprint density at radius 1 is 1.50 bits per heavy atom. The summed E-state index contributed by atoms with van der Waals surface area (Å²) in [4.78, 5) is 14.2. The molecule has 18 heavy (non-hydrogen) atoms. The van der Waals surface area contributed by atoms with Crippen molar-refractivity contribution in [3.05, 3.63) is 0 Å². The predicted octanol–water partition coefficient (Wildman–Crippen LogP) is 0.502. The van der Waals surface area contributed by atoms with Gasteiger partial charge in [-0.1, -0.05) is 13.8 Å². The third-order valence-electron chi connectivity index (χ3n) is 3.66. The number of rotatable bonds is 4. The topological polar surface area (TPSA) is 75.8 Å². The molecule has 0 aromatic rings. The molecular formula is C13H26N2O3. The van der Waals surface area contributed by atoms with E-state index >= 15 is 0 Å². The van der Waals surface area contributed by atoms with Crippen molar-refractivity contribution in [2.45, 2.75) is 57.8 Å². The van der Waals surface area contributed by atoms with Gasteiger partial charge in [0.25, 0.3) is 0 Å². The van der Waals surface area contributed by atoms with Crippen LogP contribution in [0, 0.1) is 0 Å². The zero-order valence-corrected chi connectivity index (χ0v) is 11.9. The molecule has 1 aliphatic heterocycles. The normalized spacial score (nSPS) is 24.1. The molecule has 0 bridgehead atoms. The van der Waals surface area contributed by atoms with Crippen LogP contribution >= 0.6 is 0 Å². The Morgan fingerprint density at radius 3 is 2.50 bits per heavy atom. The van der Waals surface area contributed by atoms with Crippen LogP contribution in [-0.2, 0) is 9.53 Å². The maximum atomic E-state index is 12.5. The molecule has 1 unspecified atom stereocenters. The van der Waals surface area contributed by atoms with E-state index in [1.54, 1.807) is 4.90 Å². The summed E-state index contributed by atoms with van der Waals surface area (Å²) in [6.45, 7) is 8.55. The molecule has 0 aromatic carbocycles. The van der Waals surface area contributed by atoms with Crippen LogP contribution in [-0.4, -0.2) is 52.9 Å². The van der Waals surface area contributed by atoms with Crippen molar-refractivity contribution in [2.24, 2.45) is 5.73 Å². The van der Waals surface area contributed by atoms with Gasteiger partial charge in [0, 0.05) is 13.1 Å². The molecule has 0 aliphatic carbocycles. The molecule has 5 heteroatoms. The summed E-state index contributed by atoms with van der Waals surface area (Å²) >= 11 is 0. The SMILES string of the molecule is CCC(N)(CC)C(=O)N1CC(CO)OC(C)(C)C1. The van der Waals surface area contributed by atoms with E-state index in [4.69, 9.17) is 10.5 Å². The summed E-state index contributed by atoms with van der Waals surface area (Å²) in [5, 5.41) is 9.25. The molecular weight excluding hydrogens is 232 g/mol. The Balaban J connectivity index is 2.85. The van der Waals surface area contributed by atoms with Crippen LogP contribution in [0.3, 0.4) is 0 Å². The molecule has 0 radical (unpaired) electrons. The molecule has 0 aromatic heterocycles. The Kier molecular flexibility index (Phi) is 4.75. The Labute approximate surface area is 109 Å². The Morgan fingerprint density at radius 2 is 2.06 bits per heavy atom. The number of nitrogens with zero attached hydrogens (tertiary/aromatic N) is 1. The van der Waals surface area contributed by atoms with Crippen molar-refractivity contribution in [1.29, 1.82) is 0 Å². The predicted molar refractivity (Wildman–Crippen MR) is 70.1 cm³/mol. The monoisotopic (exact) mass is 258 g/mol. The molecule has 1 rings (SSSR count). The average molecular weight is 258 g/mol. The molecule has 106 valence electrons. The number of aliphatic hydroxyl groups excluding tert-OH is 1. The van der Waals surface area contributed by atoms with Gasteiger partial charge in [-0.25, -0.2) is 0 Å². The van der Waals surface area contributed by atoms with Crippen LogP contribution in [0.2, 0.25) is 0 Å². The summed E-state index contributed by atoms with van der Waals surface area (Å²) < 4.78 is 5.70. The number of carbonyl (C=O) groups excluding carboxylic acids is 1. The van der Waals surface area contributed by atoms with E-state index in [1.807, 2.05) is 27.7 Å². The number of hydrogen-bond acceptors (Lipinski definition) is 4. The maximum Gasteiger partial charge on any atom is 0.242 e. The second-order valence-electron chi connectivity index (χ2n) is 5.73. The van der Waals surface area contributed by atoms with Crippen LogP contribution in [0.4, 0.5) is 0 Å². The number of carbonyl (C=O) groups is 1. The summed E-state index contributed by atoms with van der Waals surface area (Å²) in [6, 6.07) is 0. The largest absolute Gasteiger partial charge is 0.394 e. The highest BCUT2D eigenvalue weighted by Gasteiger charge is 2.41. The van der Waals surface area contributed by atoms with Crippen LogP contribution in [0.25, 0.3) is 0 Å². The zero-order valence-electron chi connectivity index (χ0n) is 11.9. The number of hydrogen-bond donors (Lipinski definition) is 2. The highest BCUT2D eigenvalue weighted by Crippen LogP contribution is 2.24. The molecule has 1 aliphatic rings. The van der Waals surface area contributed by atoms with E-state index in [0.29, 0.717) is 25.9 Å². The van der Waals surface area contributed by atoms with Gasteiger partial charge < -0.3 is 20.5 Å². The van der Waals surface area contributed by atoms with Crippen molar-refractivity contribution >= 4 is 5.91 Å². The van der Waals surface area contributed by atoms with Crippen LogP contribution < -0.4 is 5.73 Å². The average Bonchev–Trinajstić information content (AvgIpc) is 2.34. The first-order chi connectivity index (χ1) is 8.28. The minimum Gasteiger partial charge on any atom is -0.394 e. The van der Waals surface area contributed by atoms with Gasteiger partial charge >= 0.3 is 0 Å². The second kappa shape index (κ2) is 5.55. The lowest BCUT2D eigenvalue weighted by molar-refractivity contribution is -0.171. The fourth-order valence-electron chi connectivity index (χ4n) is 2.41. The molecule has 1 heterocycles. The number of nitrogens with two attached hydrogens (primary N) is 1. The standard InChI is InChI=1S/C13H26N2O3/c1-5-13(14,6-2)11(17)15-7-10(8-16)18-12(3,4)9-15/h10,16H,5-9,14H2,1-4H3. The van der Waals surface area contributed by atoms with Gasteiger partial charge in [-0.2, -0.15) is 0 Å². The van der Waals surface area contributed by atoms with Gasteiger partial charge in [0.15, 0.2) is 0 Å². The van der Waals surface area contributed by atoms with Crippen molar-refractivity contribution < 1.29 is 14.6 Å². The third kappa shape index (κ3) is 3.22. The number of ether oxygens (including phenoxy) is 1. The number of morpholine rings is 1. The maximum absolute atomic E-state index is 12.5. The van der Waals surface area contributed by atoms with Crippen molar-refractivity contribution in [1.82, 2.24) is 4.90 Å². The second-order valence-corrected chi connectivity index (χ2v) is 5.73. The van der Waals surface area contributed by atoms with E-state index in [-0.39, 0.29) is 18.6 Å². The molecule has 0 spiro atoms. The van der Waals surface area contributed by atoms with E-state index in [0.717, 1.165) is 0 Å². The fourth-order valence-corrected chi connectivity index (χ4v) is 2.41. The third-order valence-corrected chi connectivity index (χ3v) is 3.66. The highest BCUT2D eigenvalue weighted by molar-refractivity contribution is 5.86. The van der Waals surface area contributed by atoms with Gasteiger partial charge in [-0.15, -0.1) is 0 Å². The van der Waals surface area contributed by atoms with Gasteiger partial charge in [-0.05, 0) is 26.7 Å². The van der Waals surface area contributed by atoms with E-state index in [2.05, 4.69) is 0 Å². The minimum atomic E-state index is -0.798. The fraction of sp³-hybridized carbons (Fsp3) is 0.923. The smallest absolute Gasteiger partial charge is 0.242 e. The summed E-state index contributed by atoms with van der Waals surface area (Å²) in [5.41, 5.74) is 4.91. The van der Waals surface area contributed by atoms with Gasteiger partial charge in [0.05, 0.1) is 23.9 Å². The molecule has 1 atom stereocenters. The van der Waals surface area contributed by atoms with E-state index in [9.17, 15) is 9.90 Å². The highest BCUT2D eigenvalue weighted by atomic mass is 16.5. The van der Waals surface area contributed by atoms with E-state index in [1.165, 1.54) is 0 Å². The lowest BCUT2D eigenvalue weighted by Crippen LogP contribution is -2.62. The van der Waals surface area contributed by atoms with Gasteiger partial charge in [0.2, 0.25) is 5.91 Å². The first-order valence-electron chi connectivity index (χ1n) is 6.65. The minimum absolute atomic E-state index is 0.0395. The lowest BCUT2D eigenvalue weighted by Gasteiger charge is -2.44. The first-order valence-corrected chi connectivity index (χ1v) is 6.65. The molecule has 0 saturated carbocycles. The lowest BCUT2D eigenvalue weighted by atomic mass is 9.91. The molecule has 1 fully saturated rings. The molecule has 1 saturated heterocycles. The first kappa shape index (κ1) is 15.4. The van der Waals surface area contributed by atoms with E-state index < -0.39 is 11.1 Å². The summed E-state index contributed by atoms with van der Waals surface area (Å²) in [6.07, 6.45) is 0.907. The van der Waals surface area contributed by atoms with Gasteiger partial charge in [0.1, 0.15) is 0 Å². The number of amides is 1. The number of aliphatic hydroxyl groups is 1. The summed E-state index contributed by atoms with van der Waals surface area (Å²) in [5.74, 6) is -0.0395. The zero-order chi connectivity index (χ0) is 14.0. The van der Waals surface area contributed by atoms with Crippen molar-refractivity contribution in [3.8, 4) is 0 Å². The van der Waals surface area contributed by atoms with Crippen LogP contribution in [0.1, 0.15) is 40.5 Å². The van der Waals surface area contributed by atoms with Gasteiger partial charge in [-0.3, -0.25) is 4.79 Å². The van der Waals surface area contributed by atoms with Crippen molar-refractivity contribution in [2.75, 3.05) is 19.7 Å². The Hall–Kier alpha value is -0.650.